The third-order valence-corrected chi connectivity index (χ3v) is 15.6. The van der Waals surface area contributed by atoms with Crippen LogP contribution in [0.25, 0.3) is 20.2 Å². The van der Waals surface area contributed by atoms with Gasteiger partial charge in [-0.05, 0) is 97.8 Å². The van der Waals surface area contributed by atoms with E-state index in [4.69, 9.17) is 16.9 Å². The number of halogens is 7. The predicted octanol–water partition coefficient (Wildman–Crippen LogP) is 11.6. The van der Waals surface area contributed by atoms with Gasteiger partial charge in [0.15, 0.2) is 0 Å². The highest BCUT2D eigenvalue weighted by Crippen LogP contribution is 2.42. The number of benzene rings is 2. The van der Waals surface area contributed by atoms with Crippen molar-refractivity contribution in [3.8, 4) is 6.07 Å². The number of nitrogens with zero attached hydrogens (tertiary/aromatic N) is 5. The lowest BCUT2D eigenvalue weighted by atomic mass is 10.2. The van der Waals surface area contributed by atoms with E-state index in [2.05, 4.69) is 9.97 Å². The summed E-state index contributed by atoms with van der Waals surface area (Å²) < 4.78 is 132. The van der Waals surface area contributed by atoms with Crippen LogP contribution in [0.5, 0.6) is 0 Å². The second-order valence-electron chi connectivity index (χ2n) is 13.2. The summed E-state index contributed by atoms with van der Waals surface area (Å²) in [4.78, 5) is 7.47. The van der Waals surface area contributed by atoms with Crippen molar-refractivity contribution in [3.05, 3.63) is 107 Å². The molecule has 4 aromatic heterocycles. The minimum absolute atomic E-state index is 0.0517. The van der Waals surface area contributed by atoms with E-state index in [0.29, 0.717) is 10.0 Å². The monoisotopic (exact) mass is 915 g/mol. The van der Waals surface area contributed by atoms with Crippen molar-refractivity contribution in [2.24, 2.45) is 0 Å². The highest BCUT2D eigenvalue weighted by Gasteiger charge is 2.32. The molecule has 0 radical (unpaired) electrons. The lowest BCUT2D eigenvalue weighted by molar-refractivity contribution is -0.136. The van der Waals surface area contributed by atoms with Gasteiger partial charge >= 0.3 is 12.4 Å². The van der Waals surface area contributed by atoms with Gasteiger partial charge in [-0.25, -0.2) is 26.8 Å². The Balaban J connectivity index is 0.000000224. The standard InChI is InChI=1S/C20H18F3N3O2S2.C19H18ClF3N2O2S2/c1-14-17-6-2-3-7-18(17)29-19(14)26(11-5-4-10-20(21,22)23)30(27,28)16-9-8-15(12-24)25-13-16;1-13-15-6-2-3-7-16(15)28-18(13)25(11-5-4-10-19(21,22)23)29(26,27)14-8-9-17(20)24-12-14/h2-3,6-9,13H,4-5,10-11H2,1H3;2-3,6-9,12H,4-5,10-11H2,1H3. The van der Waals surface area contributed by atoms with Crippen LogP contribution in [-0.2, 0) is 20.0 Å². The summed E-state index contributed by atoms with van der Waals surface area (Å²) in [7, 11) is -8.09. The number of aryl methyl sites for hydroxylation is 2. The van der Waals surface area contributed by atoms with Crippen molar-refractivity contribution in [1.82, 2.24) is 9.97 Å². The molecular weight excluding hydrogens is 880 g/mol. The van der Waals surface area contributed by atoms with Crippen LogP contribution in [-0.4, -0.2) is 52.2 Å². The van der Waals surface area contributed by atoms with Crippen LogP contribution < -0.4 is 8.61 Å². The second kappa shape index (κ2) is 18.8. The molecule has 314 valence electrons. The molecule has 20 heteroatoms. The van der Waals surface area contributed by atoms with Gasteiger partial charge in [-0.2, -0.15) is 31.6 Å². The molecule has 59 heavy (non-hydrogen) atoms. The molecule has 6 rings (SSSR count). The Morgan fingerprint density at radius 2 is 1.07 bits per heavy atom. The van der Waals surface area contributed by atoms with Crippen LogP contribution in [0.3, 0.4) is 0 Å². The minimum atomic E-state index is -4.28. The average molecular weight is 916 g/mol. The molecule has 0 amide bonds. The maximum atomic E-state index is 13.3. The lowest BCUT2D eigenvalue weighted by Crippen LogP contribution is -2.32. The normalized spacial score (nSPS) is 12.3. The highest BCUT2D eigenvalue weighted by molar-refractivity contribution is 7.93. The maximum absolute atomic E-state index is 13.3. The number of thiophene rings is 2. The van der Waals surface area contributed by atoms with Gasteiger partial charge in [0, 0.05) is 47.7 Å². The molecule has 0 unspecified atom stereocenters. The Hall–Kier alpha value is -4.48. The third-order valence-electron chi connectivity index (χ3n) is 8.96. The first-order chi connectivity index (χ1) is 27.7. The van der Waals surface area contributed by atoms with Crippen molar-refractivity contribution < 1.29 is 43.2 Å². The number of aromatic nitrogens is 2. The molecule has 0 fully saturated rings. The first kappa shape index (κ1) is 45.6. The van der Waals surface area contributed by atoms with E-state index >= 15 is 0 Å². The van der Waals surface area contributed by atoms with Crippen molar-refractivity contribution in [3.63, 3.8) is 0 Å². The molecule has 4 heterocycles. The summed E-state index contributed by atoms with van der Waals surface area (Å²) in [5.74, 6) is 0. The Labute approximate surface area is 350 Å². The first-order valence-corrected chi connectivity index (χ1v) is 22.7. The number of anilines is 2. The van der Waals surface area contributed by atoms with Gasteiger partial charge in [-0.1, -0.05) is 48.0 Å². The summed E-state index contributed by atoms with van der Waals surface area (Å²) >= 11 is 8.33. The largest absolute Gasteiger partial charge is 0.389 e. The topological polar surface area (TPSA) is 124 Å². The van der Waals surface area contributed by atoms with Gasteiger partial charge in [-0.3, -0.25) is 8.61 Å². The van der Waals surface area contributed by atoms with E-state index < -0.39 is 45.2 Å². The molecule has 0 bridgehead atoms. The molecule has 0 atom stereocenters. The number of sulfonamides is 2. The Bertz CT molecular complexity index is 2650. The minimum Gasteiger partial charge on any atom is -0.257 e. The highest BCUT2D eigenvalue weighted by atomic mass is 35.5. The fraction of sp³-hybridized carbons (Fsp3) is 0.308. The SMILES string of the molecule is Cc1c(N(CCCCC(F)(F)F)S(=O)(=O)c2ccc(C#N)nc2)sc2ccccc12.Cc1c(N(CCCCC(F)(F)F)S(=O)(=O)c2ccc(Cl)nc2)sc2ccccc12. The molecule has 0 aliphatic heterocycles. The number of pyridine rings is 2. The van der Waals surface area contributed by atoms with Crippen LogP contribution in [0, 0.1) is 25.2 Å². The zero-order chi connectivity index (χ0) is 43.2. The van der Waals surface area contributed by atoms with E-state index in [9.17, 15) is 43.2 Å². The lowest BCUT2D eigenvalue weighted by Gasteiger charge is -2.24. The Morgan fingerprint density at radius 1 is 0.644 bits per heavy atom. The molecule has 2 aromatic carbocycles. The van der Waals surface area contributed by atoms with Crippen LogP contribution in [0.1, 0.15) is 55.3 Å². The summed E-state index contributed by atoms with van der Waals surface area (Å²) in [5.41, 5.74) is 1.59. The van der Waals surface area contributed by atoms with Gasteiger partial charge in [0.1, 0.15) is 36.7 Å². The summed E-state index contributed by atoms with van der Waals surface area (Å²) in [6, 6.07) is 22.0. The van der Waals surface area contributed by atoms with Crippen LogP contribution in [0.4, 0.5) is 36.3 Å². The second-order valence-corrected chi connectivity index (χ2v) is 19.3. The number of hydrogen-bond donors (Lipinski definition) is 0. The molecule has 0 N–H and O–H groups in total. The zero-order valence-electron chi connectivity index (χ0n) is 31.4. The van der Waals surface area contributed by atoms with Crippen molar-refractivity contribution in [1.29, 1.82) is 5.26 Å². The quantitative estimate of drug-likeness (QED) is 0.0605. The fourth-order valence-corrected chi connectivity index (χ4v) is 12.0. The number of fused-ring (bicyclic) bond motifs is 2. The Kier molecular flexibility index (Phi) is 14.6. The summed E-state index contributed by atoms with van der Waals surface area (Å²) in [6.07, 6.45) is -8.42. The van der Waals surface area contributed by atoms with E-state index in [0.717, 1.165) is 48.0 Å². The first-order valence-electron chi connectivity index (χ1n) is 17.9. The molecular formula is C39H36ClF6N5O4S4. The van der Waals surface area contributed by atoms with E-state index in [-0.39, 0.29) is 59.4 Å². The Morgan fingerprint density at radius 3 is 1.42 bits per heavy atom. The zero-order valence-corrected chi connectivity index (χ0v) is 35.4. The van der Waals surface area contributed by atoms with E-state index in [1.54, 1.807) is 6.92 Å². The van der Waals surface area contributed by atoms with Crippen molar-refractivity contribution >= 4 is 84.5 Å². The van der Waals surface area contributed by atoms with Gasteiger partial charge in [0.05, 0.1) is 0 Å². The molecule has 9 nitrogen and oxygen atoms in total. The third kappa shape index (κ3) is 11.4. The van der Waals surface area contributed by atoms with E-state index in [1.807, 2.05) is 61.5 Å². The molecule has 0 aliphatic carbocycles. The number of rotatable bonds is 14. The molecule has 0 saturated carbocycles. The summed E-state index contributed by atoms with van der Waals surface area (Å²) in [6.45, 7) is 3.46. The molecule has 0 spiro atoms. The molecule has 0 aliphatic rings. The van der Waals surface area contributed by atoms with Crippen molar-refractivity contribution in [2.45, 2.75) is 74.5 Å². The van der Waals surface area contributed by atoms with Gasteiger partial charge < -0.3 is 0 Å². The molecule has 0 saturated heterocycles. The number of hydrogen-bond acceptors (Lipinski definition) is 9. The van der Waals surface area contributed by atoms with Gasteiger partial charge in [0.25, 0.3) is 20.0 Å². The van der Waals surface area contributed by atoms with Crippen LogP contribution in [0.2, 0.25) is 5.15 Å². The number of alkyl halides is 6. The van der Waals surface area contributed by atoms with Crippen LogP contribution >= 0.6 is 34.3 Å². The summed E-state index contributed by atoms with van der Waals surface area (Å²) in [5, 5.41) is 11.8. The average Bonchev–Trinajstić information content (AvgIpc) is 3.69. The smallest absolute Gasteiger partial charge is 0.257 e. The molecule has 6 aromatic rings. The number of unbranched alkanes of at least 4 members (excludes halogenated alkanes) is 2. The van der Waals surface area contributed by atoms with E-state index in [1.165, 1.54) is 51.2 Å². The predicted molar refractivity (Wildman–Crippen MR) is 220 cm³/mol. The van der Waals surface area contributed by atoms with Crippen molar-refractivity contribution in [2.75, 3.05) is 21.7 Å². The maximum Gasteiger partial charge on any atom is 0.389 e. The van der Waals surface area contributed by atoms with Gasteiger partial charge in [0.2, 0.25) is 0 Å². The van der Waals surface area contributed by atoms with Gasteiger partial charge in [-0.15, -0.1) is 22.7 Å². The van der Waals surface area contributed by atoms with Crippen LogP contribution in [0.15, 0.2) is 95.0 Å². The fourth-order valence-electron chi connectivity index (χ4n) is 5.99. The number of nitriles is 1.